The van der Waals surface area contributed by atoms with Crippen LogP contribution in [0.3, 0.4) is 0 Å². The van der Waals surface area contributed by atoms with E-state index in [9.17, 15) is 14.8 Å². The Kier molecular flexibility index (Phi) is 4.57. The lowest BCUT2D eigenvalue weighted by Crippen LogP contribution is -2.19. The third-order valence-corrected chi connectivity index (χ3v) is 3.09. The number of halogens is 2. The van der Waals surface area contributed by atoms with E-state index in [1.54, 1.807) is 24.3 Å². The van der Waals surface area contributed by atoms with E-state index in [2.05, 4.69) is 11.4 Å². The zero-order valence-electron chi connectivity index (χ0n) is 10.5. The highest BCUT2D eigenvalue weighted by atomic mass is 35.5. The summed E-state index contributed by atoms with van der Waals surface area (Å²) in [5.41, 5.74) is 1.26. The van der Waals surface area contributed by atoms with E-state index in [-0.39, 0.29) is 11.6 Å². The molecule has 0 heterocycles. The Morgan fingerprint density at radius 3 is 2.60 bits per heavy atom. The summed E-state index contributed by atoms with van der Waals surface area (Å²) in [6.45, 7) is 0.379. The molecule has 0 aliphatic heterocycles. The number of phenols is 1. The Morgan fingerprint density at radius 2 is 1.95 bits per heavy atom. The van der Waals surface area contributed by atoms with E-state index >= 15 is 0 Å². The number of hydrogen-bond donors (Lipinski definition) is 2. The molecule has 0 bridgehead atoms. The van der Waals surface area contributed by atoms with Gasteiger partial charge in [0, 0.05) is 17.1 Å². The summed E-state index contributed by atoms with van der Waals surface area (Å²) in [6, 6.07) is 11.9. The molecule has 5 heteroatoms. The predicted molar refractivity (Wildman–Crippen MR) is 74.7 cm³/mol. The average Bonchev–Trinajstić information content (AvgIpc) is 2.45. The zero-order chi connectivity index (χ0) is 14.5. The Hall–Kier alpha value is -2.09. The van der Waals surface area contributed by atoms with Crippen LogP contribution in [0.2, 0.25) is 5.02 Å². The third-order valence-electron chi connectivity index (χ3n) is 2.85. The highest BCUT2D eigenvalue weighted by molar-refractivity contribution is 6.30. The Labute approximate surface area is 121 Å². The van der Waals surface area contributed by atoms with Crippen LogP contribution in [-0.2, 0) is 6.54 Å². The molecule has 2 aromatic rings. The largest absolute Gasteiger partial charge is 0.508 e. The van der Waals surface area contributed by atoms with Gasteiger partial charge in [-0.3, -0.25) is 5.32 Å². The number of nitriles is 1. The zero-order valence-corrected chi connectivity index (χ0v) is 11.2. The first kappa shape index (κ1) is 14.3. The van der Waals surface area contributed by atoms with Crippen molar-refractivity contribution in [1.82, 2.24) is 5.32 Å². The molecular weight excluding hydrogens is 279 g/mol. The maximum absolute atomic E-state index is 12.8. The molecule has 0 spiro atoms. The minimum absolute atomic E-state index is 0.00700. The van der Waals surface area contributed by atoms with Gasteiger partial charge in [-0.1, -0.05) is 23.7 Å². The van der Waals surface area contributed by atoms with Crippen LogP contribution in [0.15, 0.2) is 42.5 Å². The average molecular weight is 291 g/mol. The van der Waals surface area contributed by atoms with Gasteiger partial charge in [-0.15, -0.1) is 0 Å². The summed E-state index contributed by atoms with van der Waals surface area (Å²) in [5.74, 6) is -0.300. The molecule has 0 radical (unpaired) electrons. The molecule has 0 aliphatic rings. The fourth-order valence-corrected chi connectivity index (χ4v) is 1.98. The quantitative estimate of drug-likeness (QED) is 0.905. The van der Waals surface area contributed by atoms with Gasteiger partial charge < -0.3 is 5.11 Å². The monoisotopic (exact) mass is 290 g/mol. The van der Waals surface area contributed by atoms with Gasteiger partial charge in [0.2, 0.25) is 0 Å². The standard InChI is InChI=1S/C15H12ClFN2O/c16-11-3-6-15(20)13(7-11)14(8-18)19-9-10-1-4-12(17)5-2-10/h1-7,14,19-20H,9H2. The van der Waals surface area contributed by atoms with Gasteiger partial charge in [-0.05, 0) is 35.9 Å². The molecule has 1 atom stereocenters. The summed E-state index contributed by atoms with van der Waals surface area (Å²) < 4.78 is 12.8. The number of aromatic hydroxyl groups is 1. The molecule has 0 fully saturated rings. The first-order chi connectivity index (χ1) is 9.60. The molecular formula is C15H12ClFN2O. The van der Waals surface area contributed by atoms with Crippen molar-refractivity contribution in [2.24, 2.45) is 0 Å². The number of benzene rings is 2. The third kappa shape index (κ3) is 3.47. The Balaban J connectivity index is 2.11. The molecule has 102 valence electrons. The molecule has 3 nitrogen and oxygen atoms in total. The van der Waals surface area contributed by atoms with Crippen LogP contribution in [0.5, 0.6) is 5.75 Å². The van der Waals surface area contributed by atoms with Crippen molar-refractivity contribution in [2.75, 3.05) is 0 Å². The van der Waals surface area contributed by atoms with Gasteiger partial charge in [0.25, 0.3) is 0 Å². The second kappa shape index (κ2) is 6.38. The fraction of sp³-hybridized carbons (Fsp3) is 0.133. The Morgan fingerprint density at radius 1 is 1.25 bits per heavy atom. The Bertz CT molecular complexity index is 637. The molecule has 2 aromatic carbocycles. The SMILES string of the molecule is N#CC(NCc1ccc(F)cc1)c1cc(Cl)ccc1O. The maximum Gasteiger partial charge on any atom is 0.125 e. The maximum atomic E-state index is 12.8. The minimum atomic E-state index is -0.696. The number of phenolic OH excluding ortho intramolecular Hbond substituents is 1. The van der Waals surface area contributed by atoms with Crippen LogP contribution in [0.1, 0.15) is 17.2 Å². The number of rotatable bonds is 4. The second-order valence-corrected chi connectivity index (χ2v) is 4.71. The van der Waals surface area contributed by atoms with E-state index in [0.29, 0.717) is 17.1 Å². The van der Waals surface area contributed by atoms with E-state index in [1.807, 2.05) is 0 Å². The van der Waals surface area contributed by atoms with Gasteiger partial charge in [0.05, 0.1) is 6.07 Å². The molecule has 0 amide bonds. The fourth-order valence-electron chi connectivity index (χ4n) is 1.80. The summed E-state index contributed by atoms with van der Waals surface area (Å²) in [7, 11) is 0. The lowest BCUT2D eigenvalue weighted by molar-refractivity contribution is 0.459. The summed E-state index contributed by atoms with van der Waals surface area (Å²) in [5, 5.41) is 22.4. The van der Waals surface area contributed by atoms with Crippen molar-refractivity contribution in [3.63, 3.8) is 0 Å². The highest BCUT2D eigenvalue weighted by Crippen LogP contribution is 2.27. The van der Waals surface area contributed by atoms with Crippen LogP contribution >= 0.6 is 11.6 Å². The molecule has 2 N–H and O–H groups in total. The van der Waals surface area contributed by atoms with Crippen LogP contribution in [0.4, 0.5) is 4.39 Å². The van der Waals surface area contributed by atoms with Crippen LogP contribution < -0.4 is 5.32 Å². The summed E-state index contributed by atoms with van der Waals surface area (Å²) >= 11 is 5.86. The minimum Gasteiger partial charge on any atom is -0.508 e. The smallest absolute Gasteiger partial charge is 0.125 e. The molecule has 1 unspecified atom stereocenters. The molecule has 20 heavy (non-hydrogen) atoms. The number of nitrogens with zero attached hydrogens (tertiary/aromatic N) is 1. The van der Waals surface area contributed by atoms with Gasteiger partial charge in [-0.25, -0.2) is 4.39 Å². The van der Waals surface area contributed by atoms with Crippen molar-refractivity contribution in [3.05, 3.63) is 64.4 Å². The molecule has 0 aliphatic carbocycles. The van der Waals surface area contributed by atoms with E-state index in [0.717, 1.165) is 5.56 Å². The van der Waals surface area contributed by atoms with Crippen LogP contribution in [0.25, 0.3) is 0 Å². The van der Waals surface area contributed by atoms with Gasteiger partial charge in [0.15, 0.2) is 0 Å². The van der Waals surface area contributed by atoms with Crippen molar-refractivity contribution in [3.8, 4) is 11.8 Å². The van der Waals surface area contributed by atoms with E-state index < -0.39 is 6.04 Å². The first-order valence-electron chi connectivity index (χ1n) is 5.96. The first-order valence-corrected chi connectivity index (χ1v) is 6.34. The summed E-state index contributed by atoms with van der Waals surface area (Å²) in [4.78, 5) is 0. The normalized spacial score (nSPS) is 11.8. The molecule has 0 aromatic heterocycles. The lowest BCUT2D eigenvalue weighted by atomic mass is 10.1. The topological polar surface area (TPSA) is 56.0 Å². The molecule has 0 saturated heterocycles. The van der Waals surface area contributed by atoms with Crippen molar-refractivity contribution >= 4 is 11.6 Å². The van der Waals surface area contributed by atoms with E-state index in [4.69, 9.17) is 11.6 Å². The van der Waals surface area contributed by atoms with Crippen LogP contribution in [0, 0.1) is 17.1 Å². The highest BCUT2D eigenvalue weighted by Gasteiger charge is 2.14. The van der Waals surface area contributed by atoms with Gasteiger partial charge >= 0.3 is 0 Å². The number of nitrogens with one attached hydrogen (secondary N) is 1. The van der Waals surface area contributed by atoms with Crippen molar-refractivity contribution in [2.45, 2.75) is 12.6 Å². The number of hydrogen-bond acceptors (Lipinski definition) is 3. The van der Waals surface area contributed by atoms with Gasteiger partial charge in [0.1, 0.15) is 17.6 Å². The van der Waals surface area contributed by atoms with Gasteiger partial charge in [-0.2, -0.15) is 5.26 Å². The molecule has 2 rings (SSSR count). The molecule has 0 saturated carbocycles. The summed E-state index contributed by atoms with van der Waals surface area (Å²) in [6.07, 6.45) is 0. The van der Waals surface area contributed by atoms with Crippen LogP contribution in [-0.4, -0.2) is 5.11 Å². The lowest BCUT2D eigenvalue weighted by Gasteiger charge is -2.13. The van der Waals surface area contributed by atoms with Crippen molar-refractivity contribution < 1.29 is 9.50 Å². The van der Waals surface area contributed by atoms with E-state index in [1.165, 1.54) is 18.2 Å². The second-order valence-electron chi connectivity index (χ2n) is 4.27. The predicted octanol–water partition coefficient (Wildman–Crippen LogP) is 3.54. The van der Waals surface area contributed by atoms with Crippen molar-refractivity contribution in [1.29, 1.82) is 5.26 Å².